The van der Waals surface area contributed by atoms with Gasteiger partial charge in [-0.15, -0.1) is 0 Å². The SMILES string of the molecule is O=C(Cn1cc(C(=O)NNc2cccc(F)c2)ccc1=O)c1ccc(C(F)(F)F)cc1. The number of amides is 1. The fourth-order valence-corrected chi connectivity index (χ4v) is 2.65. The second-order valence-corrected chi connectivity index (χ2v) is 6.47. The number of halogens is 4. The van der Waals surface area contributed by atoms with Gasteiger partial charge in [0.05, 0.1) is 23.4 Å². The second-order valence-electron chi connectivity index (χ2n) is 6.47. The topological polar surface area (TPSA) is 80.2 Å². The highest BCUT2D eigenvalue weighted by Crippen LogP contribution is 2.29. The molecule has 1 aromatic heterocycles. The Morgan fingerprint density at radius 3 is 2.26 bits per heavy atom. The number of ketones is 1. The molecule has 2 aromatic carbocycles. The molecule has 0 unspecified atom stereocenters. The van der Waals surface area contributed by atoms with E-state index in [0.717, 1.165) is 47.2 Å². The summed E-state index contributed by atoms with van der Waals surface area (Å²) in [5.74, 6) is -1.76. The monoisotopic (exact) mass is 433 g/mol. The van der Waals surface area contributed by atoms with E-state index in [9.17, 15) is 31.9 Å². The lowest BCUT2D eigenvalue weighted by atomic mass is 10.1. The van der Waals surface area contributed by atoms with Gasteiger partial charge in [0.1, 0.15) is 5.82 Å². The van der Waals surface area contributed by atoms with Crippen LogP contribution in [-0.2, 0) is 12.7 Å². The zero-order chi connectivity index (χ0) is 22.6. The number of benzene rings is 2. The van der Waals surface area contributed by atoms with Gasteiger partial charge in [0.25, 0.3) is 11.5 Å². The maximum absolute atomic E-state index is 13.2. The van der Waals surface area contributed by atoms with Crippen LogP contribution >= 0.6 is 0 Å². The van der Waals surface area contributed by atoms with Crippen LogP contribution in [0.3, 0.4) is 0 Å². The van der Waals surface area contributed by atoms with E-state index in [1.165, 1.54) is 24.3 Å². The first-order valence-electron chi connectivity index (χ1n) is 8.86. The van der Waals surface area contributed by atoms with Gasteiger partial charge in [-0.2, -0.15) is 13.2 Å². The van der Waals surface area contributed by atoms with Crippen molar-refractivity contribution >= 4 is 17.4 Å². The molecule has 0 bridgehead atoms. The van der Waals surface area contributed by atoms with Crippen molar-refractivity contribution in [3.8, 4) is 0 Å². The molecular formula is C21H15F4N3O3. The minimum absolute atomic E-state index is 0.0116. The summed E-state index contributed by atoms with van der Waals surface area (Å²) < 4.78 is 52.1. The quantitative estimate of drug-likeness (QED) is 0.353. The van der Waals surface area contributed by atoms with E-state index in [0.29, 0.717) is 5.69 Å². The molecule has 0 aliphatic rings. The summed E-state index contributed by atoms with van der Waals surface area (Å²) in [5.41, 5.74) is 3.69. The van der Waals surface area contributed by atoms with E-state index in [2.05, 4.69) is 10.9 Å². The largest absolute Gasteiger partial charge is 0.416 e. The summed E-state index contributed by atoms with van der Waals surface area (Å²) in [7, 11) is 0. The predicted octanol–water partition coefficient (Wildman–Crippen LogP) is 3.65. The Morgan fingerprint density at radius 1 is 0.935 bits per heavy atom. The fourth-order valence-electron chi connectivity index (χ4n) is 2.65. The molecule has 160 valence electrons. The van der Waals surface area contributed by atoms with Gasteiger partial charge >= 0.3 is 6.18 Å². The van der Waals surface area contributed by atoms with E-state index in [1.54, 1.807) is 0 Å². The molecule has 0 aliphatic carbocycles. The minimum atomic E-state index is -4.53. The van der Waals surface area contributed by atoms with E-state index < -0.39 is 41.4 Å². The summed E-state index contributed by atoms with van der Waals surface area (Å²) in [5, 5.41) is 0. The summed E-state index contributed by atoms with van der Waals surface area (Å²) >= 11 is 0. The summed E-state index contributed by atoms with van der Waals surface area (Å²) in [4.78, 5) is 36.7. The summed E-state index contributed by atoms with van der Waals surface area (Å²) in [6, 6.07) is 11.3. The molecule has 2 N–H and O–H groups in total. The molecule has 6 nitrogen and oxygen atoms in total. The Morgan fingerprint density at radius 2 is 1.61 bits per heavy atom. The number of hydrogen-bond donors (Lipinski definition) is 2. The Bertz CT molecular complexity index is 1170. The van der Waals surface area contributed by atoms with Crippen molar-refractivity contribution < 1.29 is 27.2 Å². The highest BCUT2D eigenvalue weighted by atomic mass is 19.4. The number of pyridine rings is 1. The van der Waals surface area contributed by atoms with Gasteiger partial charge in [-0.25, -0.2) is 4.39 Å². The lowest BCUT2D eigenvalue weighted by Gasteiger charge is -2.11. The number of carbonyl (C=O) groups excluding carboxylic acids is 2. The molecule has 10 heteroatoms. The van der Waals surface area contributed by atoms with Gasteiger partial charge in [-0.3, -0.25) is 25.2 Å². The maximum atomic E-state index is 13.2. The first-order chi connectivity index (χ1) is 14.6. The van der Waals surface area contributed by atoms with E-state index in [1.807, 2.05) is 0 Å². The molecular weight excluding hydrogens is 418 g/mol. The molecule has 0 aliphatic heterocycles. The van der Waals surface area contributed by atoms with E-state index in [4.69, 9.17) is 0 Å². The molecule has 1 amide bonds. The number of Topliss-reactive ketones (excluding diaryl/α,β-unsaturated/α-hetero) is 1. The number of hydrazine groups is 1. The number of hydrogen-bond acceptors (Lipinski definition) is 4. The van der Waals surface area contributed by atoms with Crippen LogP contribution in [-0.4, -0.2) is 16.3 Å². The number of alkyl halides is 3. The molecule has 3 rings (SSSR count). The number of nitrogens with one attached hydrogen (secondary N) is 2. The van der Waals surface area contributed by atoms with Gasteiger partial charge in [-0.1, -0.05) is 18.2 Å². The fraction of sp³-hybridized carbons (Fsp3) is 0.0952. The number of aromatic nitrogens is 1. The van der Waals surface area contributed by atoms with Crippen molar-refractivity contribution in [2.75, 3.05) is 5.43 Å². The zero-order valence-corrected chi connectivity index (χ0v) is 15.7. The lowest BCUT2D eigenvalue weighted by Crippen LogP contribution is -2.31. The standard InChI is InChI=1S/C21H15F4N3O3/c22-16-2-1-3-17(10-16)26-27-20(31)14-6-9-19(30)28(11-14)12-18(29)13-4-7-15(8-5-13)21(23,24)25/h1-11,26H,12H2,(H,27,31). The zero-order valence-electron chi connectivity index (χ0n) is 15.7. The molecule has 3 aromatic rings. The van der Waals surface area contributed by atoms with Crippen molar-refractivity contribution in [3.63, 3.8) is 0 Å². The summed E-state index contributed by atoms with van der Waals surface area (Å²) in [6.07, 6.45) is -3.38. The second kappa shape index (κ2) is 8.82. The number of nitrogens with zero attached hydrogens (tertiary/aromatic N) is 1. The van der Waals surface area contributed by atoms with Crippen molar-refractivity contribution in [2.24, 2.45) is 0 Å². The van der Waals surface area contributed by atoms with Crippen molar-refractivity contribution in [1.82, 2.24) is 9.99 Å². The lowest BCUT2D eigenvalue weighted by molar-refractivity contribution is -0.137. The van der Waals surface area contributed by atoms with E-state index in [-0.39, 0.29) is 11.1 Å². The van der Waals surface area contributed by atoms with Crippen LogP contribution in [0, 0.1) is 5.82 Å². The van der Waals surface area contributed by atoms with Crippen molar-refractivity contribution in [3.05, 3.63) is 99.7 Å². The van der Waals surface area contributed by atoms with Crippen LogP contribution in [0.5, 0.6) is 0 Å². The predicted molar refractivity (Wildman–Crippen MR) is 104 cm³/mol. The number of rotatable bonds is 6. The highest BCUT2D eigenvalue weighted by Gasteiger charge is 2.30. The van der Waals surface area contributed by atoms with Crippen molar-refractivity contribution in [1.29, 1.82) is 0 Å². The normalized spacial score (nSPS) is 11.1. The van der Waals surface area contributed by atoms with E-state index >= 15 is 0 Å². The Labute approximate surface area is 173 Å². The van der Waals surface area contributed by atoms with Crippen LogP contribution in [0.1, 0.15) is 26.3 Å². The molecule has 1 heterocycles. The Hall–Kier alpha value is -3.95. The maximum Gasteiger partial charge on any atom is 0.416 e. The molecule has 0 saturated carbocycles. The average Bonchev–Trinajstić information content (AvgIpc) is 2.73. The molecule has 31 heavy (non-hydrogen) atoms. The van der Waals surface area contributed by atoms with Crippen LogP contribution in [0.25, 0.3) is 0 Å². The average molecular weight is 433 g/mol. The first kappa shape index (κ1) is 21.8. The van der Waals surface area contributed by atoms with Crippen LogP contribution in [0.4, 0.5) is 23.2 Å². The molecule has 0 saturated heterocycles. The Kier molecular flexibility index (Phi) is 6.19. The molecule has 0 fully saturated rings. The minimum Gasteiger partial charge on any atom is -0.307 e. The first-order valence-corrected chi connectivity index (χ1v) is 8.86. The smallest absolute Gasteiger partial charge is 0.307 e. The van der Waals surface area contributed by atoms with Gasteiger partial charge in [-0.05, 0) is 36.4 Å². The molecule has 0 atom stereocenters. The van der Waals surface area contributed by atoms with Crippen LogP contribution in [0.2, 0.25) is 0 Å². The summed E-state index contributed by atoms with van der Waals surface area (Å²) in [6.45, 7) is -0.470. The van der Waals surface area contributed by atoms with Gasteiger partial charge in [0, 0.05) is 17.8 Å². The van der Waals surface area contributed by atoms with Gasteiger partial charge < -0.3 is 4.57 Å². The number of anilines is 1. The highest BCUT2D eigenvalue weighted by molar-refractivity contribution is 5.96. The third-order valence-electron chi connectivity index (χ3n) is 4.24. The third-order valence-corrected chi connectivity index (χ3v) is 4.24. The molecule has 0 spiro atoms. The molecule has 0 radical (unpaired) electrons. The Balaban J connectivity index is 1.71. The number of carbonyl (C=O) groups is 2. The van der Waals surface area contributed by atoms with Gasteiger partial charge in [0.15, 0.2) is 5.78 Å². The van der Waals surface area contributed by atoms with Crippen LogP contribution in [0.15, 0.2) is 71.7 Å². The van der Waals surface area contributed by atoms with Crippen LogP contribution < -0.4 is 16.4 Å². The van der Waals surface area contributed by atoms with Crippen molar-refractivity contribution in [2.45, 2.75) is 12.7 Å². The van der Waals surface area contributed by atoms with Gasteiger partial charge in [0.2, 0.25) is 0 Å². The third kappa shape index (κ3) is 5.56.